The molecule has 0 radical (unpaired) electrons. The van der Waals surface area contributed by atoms with Gasteiger partial charge in [-0.25, -0.2) is 4.98 Å². The lowest BCUT2D eigenvalue weighted by molar-refractivity contribution is 0.102. The minimum Gasteiger partial charge on any atom is -0.497 e. The number of hydrogen-bond acceptors (Lipinski definition) is 6. The van der Waals surface area contributed by atoms with E-state index in [9.17, 15) is 4.79 Å². The highest BCUT2D eigenvalue weighted by atomic mass is 32.1. The number of nitrogens with one attached hydrogen (secondary N) is 1. The fraction of sp³-hybridized carbons (Fsp3) is 0.200. The van der Waals surface area contributed by atoms with E-state index in [1.807, 2.05) is 31.2 Å². The second-order valence-electron chi connectivity index (χ2n) is 5.68. The van der Waals surface area contributed by atoms with E-state index in [4.69, 9.17) is 14.2 Å². The number of anilines is 1. The van der Waals surface area contributed by atoms with Crippen LogP contribution in [0.5, 0.6) is 17.2 Å². The van der Waals surface area contributed by atoms with Crippen LogP contribution in [0.3, 0.4) is 0 Å². The van der Waals surface area contributed by atoms with Crippen LogP contribution in [0, 0.1) is 6.92 Å². The van der Waals surface area contributed by atoms with Crippen molar-refractivity contribution in [2.75, 3.05) is 26.6 Å². The number of nitrogens with zero attached hydrogens (tertiary/aromatic N) is 1. The van der Waals surface area contributed by atoms with Gasteiger partial charge < -0.3 is 14.2 Å². The molecule has 1 aromatic heterocycles. The molecule has 0 unspecified atom stereocenters. The van der Waals surface area contributed by atoms with Crippen LogP contribution in [0.25, 0.3) is 11.3 Å². The van der Waals surface area contributed by atoms with Gasteiger partial charge in [0.05, 0.1) is 27.0 Å². The summed E-state index contributed by atoms with van der Waals surface area (Å²) in [7, 11) is 4.71. The van der Waals surface area contributed by atoms with E-state index in [0.717, 1.165) is 21.9 Å². The Balaban J connectivity index is 1.81. The molecule has 0 fully saturated rings. The van der Waals surface area contributed by atoms with Crippen LogP contribution in [-0.2, 0) is 0 Å². The summed E-state index contributed by atoms with van der Waals surface area (Å²) in [6.45, 7) is 1.98. The predicted molar refractivity (Wildman–Crippen MR) is 106 cm³/mol. The van der Waals surface area contributed by atoms with E-state index < -0.39 is 0 Å². The van der Waals surface area contributed by atoms with E-state index in [2.05, 4.69) is 10.3 Å². The van der Waals surface area contributed by atoms with Crippen LogP contribution in [0.4, 0.5) is 5.13 Å². The third-order valence-electron chi connectivity index (χ3n) is 4.03. The average Bonchev–Trinajstić information content (AvgIpc) is 3.07. The summed E-state index contributed by atoms with van der Waals surface area (Å²) in [5.74, 6) is 1.60. The van der Waals surface area contributed by atoms with Gasteiger partial charge in [-0.1, -0.05) is 0 Å². The zero-order valence-corrected chi connectivity index (χ0v) is 16.3. The molecule has 0 atom stereocenters. The molecule has 0 saturated heterocycles. The first-order chi connectivity index (χ1) is 13.0. The van der Waals surface area contributed by atoms with Crippen molar-refractivity contribution >= 4 is 22.4 Å². The van der Waals surface area contributed by atoms with Crippen molar-refractivity contribution in [2.24, 2.45) is 0 Å². The topological polar surface area (TPSA) is 69.7 Å². The highest BCUT2D eigenvalue weighted by molar-refractivity contribution is 7.16. The molecule has 0 spiro atoms. The maximum atomic E-state index is 12.6. The third kappa shape index (κ3) is 4.03. The summed E-state index contributed by atoms with van der Waals surface area (Å²) in [5.41, 5.74) is 2.27. The summed E-state index contributed by atoms with van der Waals surface area (Å²) < 4.78 is 15.6. The number of hydrogen-bond donors (Lipinski definition) is 1. The van der Waals surface area contributed by atoms with Gasteiger partial charge in [-0.05, 0) is 49.4 Å². The number of benzene rings is 2. The van der Waals surface area contributed by atoms with Crippen LogP contribution >= 0.6 is 11.3 Å². The molecule has 6 nitrogen and oxygen atoms in total. The third-order valence-corrected chi connectivity index (χ3v) is 4.91. The van der Waals surface area contributed by atoms with Crippen LogP contribution in [-0.4, -0.2) is 32.2 Å². The maximum Gasteiger partial charge on any atom is 0.257 e. The molecule has 1 heterocycles. The van der Waals surface area contributed by atoms with E-state index in [0.29, 0.717) is 22.2 Å². The Bertz CT molecular complexity index is 951. The highest BCUT2D eigenvalue weighted by Gasteiger charge is 2.15. The molecule has 0 aliphatic heterocycles. The molecule has 1 amide bonds. The first kappa shape index (κ1) is 18.7. The fourth-order valence-corrected chi connectivity index (χ4v) is 3.44. The van der Waals surface area contributed by atoms with E-state index in [-0.39, 0.29) is 5.91 Å². The number of methoxy groups -OCH3 is 3. The molecule has 2 aromatic carbocycles. The molecule has 0 bridgehead atoms. The number of carbonyl (C=O) groups is 1. The summed E-state index contributed by atoms with van der Waals surface area (Å²) in [5, 5.41) is 3.39. The van der Waals surface area contributed by atoms with Gasteiger partial charge in [-0.3, -0.25) is 10.1 Å². The first-order valence-electron chi connectivity index (χ1n) is 8.21. The van der Waals surface area contributed by atoms with E-state index in [1.54, 1.807) is 32.4 Å². The molecular formula is C20H20N2O4S. The Morgan fingerprint density at radius 1 is 0.963 bits per heavy atom. The number of carbonyl (C=O) groups excluding carboxylic acids is 1. The van der Waals surface area contributed by atoms with Crippen LogP contribution in [0.1, 0.15) is 15.2 Å². The van der Waals surface area contributed by atoms with Crippen molar-refractivity contribution < 1.29 is 19.0 Å². The Hall–Kier alpha value is -3.06. The van der Waals surface area contributed by atoms with Gasteiger partial charge in [0.1, 0.15) is 5.75 Å². The zero-order valence-electron chi connectivity index (χ0n) is 15.5. The van der Waals surface area contributed by atoms with Crippen molar-refractivity contribution in [2.45, 2.75) is 6.92 Å². The Morgan fingerprint density at radius 2 is 1.67 bits per heavy atom. The van der Waals surface area contributed by atoms with Crippen LogP contribution in [0.2, 0.25) is 0 Å². The van der Waals surface area contributed by atoms with Crippen molar-refractivity contribution in [1.29, 1.82) is 0 Å². The van der Waals surface area contributed by atoms with Crippen molar-refractivity contribution in [3.63, 3.8) is 0 Å². The SMILES string of the molecule is COc1ccc(-c2nc(NC(=O)c3ccc(OC)c(OC)c3)sc2C)cc1. The summed E-state index contributed by atoms with van der Waals surface area (Å²) >= 11 is 1.43. The minimum atomic E-state index is -0.258. The molecule has 3 aromatic rings. The van der Waals surface area contributed by atoms with Crippen molar-refractivity contribution in [3.05, 3.63) is 52.9 Å². The van der Waals surface area contributed by atoms with E-state index in [1.165, 1.54) is 18.4 Å². The van der Waals surface area contributed by atoms with Crippen molar-refractivity contribution in [1.82, 2.24) is 4.98 Å². The lowest BCUT2D eigenvalue weighted by Gasteiger charge is -2.09. The van der Waals surface area contributed by atoms with Gasteiger partial charge in [0.2, 0.25) is 0 Å². The number of thiazole rings is 1. The lowest BCUT2D eigenvalue weighted by atomic mass is 10.1. The normalized spacial score (nSPS) is 10.4. The smallest absolute Gasteiger partial charge is 0.257 e. The van der Waals surface area contributed by atoms with Gasteiger partial charge in [-0.15, -0.1) is 11.3 Å². The quantitative estimate of drug-likeness (QED) is 0.682. The standard InChI is InChI=1S/C20H20N2O4S/c1-12-18(13-5-8-15(24-2)9-6-13)21-20(27-12)22-19(23)14-7-10-16(25-3)17(11-14)26-4/h5-11H,1-4H3,(H,21,22,23). The molecular weight excluding hydrogens is 364 g/mol. The maximum absolute atomic E-state index is 12.6. The second-order valence-corrected chi connectivity index (χ2v) is 6.88. The van der Waals surface area contributed by atoms with E-state index >= 15 is 0 Å². The number of rotatable bonds is 6. The van der Waals surface area contributed by atoms with Gasteiger partial charge in [0, 0.05) is 16.0 Å². The molecule has 0 aliphatic carbocycles. The summed E-state index contributed by atoms with van der Waals surface area (Å²) in [6.07, 6.45) is 0. The van der Waals surface area contributed by atoms with Gasteiger partial charge in [0.25, 0.3) is 5.91 Å². The summed E-state index contributed by atoms with van der Waals surface area (Å²) in [4.78, 5) is 18.1. The number of aryl methyl sites for hydroxylation is 1. The predicted octanol–water partition coefficient (Wildman–Crippen LogP) is 4.40. The molecule has 0 saturated carbocycles. The first-order valence-corrected chi connectivity index (χ1v) is 9.02. The highest BCUT2D eigenvalue weighted by Crippen LogP contribution is 2.32. The Kier molecular flexibility index (Phi) is 5.61. The van der Waals surface area contributed by atoms with Gasteiger partial charge in [-0.2, -0.15) is 0 Å². The molecule has 3 rings (SSSR count). The largest absolute Gasteiger partial charge is 0.497 e. The molecule has 7 heteroatoms. The number of amides is 1. The molecule has 0 aliphatic rings. The van der Waals surface area contributed by atoms with Gasteiger partial charge >= 0.3 is 0 Å². The van der Waals surface area contributed by atoms with Crippen LogP contribution < -0.4 is 19.5 Å². The molecule has 1 N–H and O–H groups in total. The monoisotopic (exact) mass is 384 g/mol. The second kappa shape index (κ2) is 8.09. The number of aromatic nitrogens is 1. The molecule has 140 valence electrons. The Labute approximate surface area is 161 Å². The fourth-order valence-electron chi connectivity index (χ4n) is 2.61. The zero-order chi connectivity index (χ0) is 19.4. The van der Waals surface area contributed by atoms with Crippen molar-refractivity contribution in [3.8, 4) is 28.5 Å². The Morgan fingerprint density at radius 3 is 2.30 bits per heavy atom. The number of ether oxygens (including phenoxy) is 3. The minimum absolute atomic E-state index is 0.258. The summed E-state index contributed by atoms with van der Waals surface area (Å²) in [6, 6.07) is 12.7. The average molecular weight is 384 g/mol. The van der Waals surface area contributed by atoms with Gasteiger partial charge in [0.15, 0.2) is 16.6 Å². The lowest BCUT2D eigenvalue weighted by Crippen LogP contribution is -2.11. The molecule has 27 heavy (non-hydrogen) atoms. The van der Waals surface area contributed by atoms with Crippen LogP contribution in [0.15, 0.2) is 42.5 Å².